The molecule has 2 unspecified atom stereocenters. The molecule has 2 aliphatic rings. The third-order valence-electron chi connectivity index (χ3n) is 5.49. The number of carbonyl (C=O) groups is 2. The number of nitrogens with one attached hydrogen (secondary N) is 1. The highest BCUT2D eigenvalue weighted by Gasteiger charge is 2.44. The van der Waals surface area contributed by atoms with Crippen molar-refractivity contribution in [3.63, 3.8) is 0 Å². The summed E-state index contributed by atoms with van der Waals surface area (Å²) in [5.74, 6) is 1.39. The highest BCUT2D eigenvalue weighted by Crippen LogP contribution is 2.44. The van der Waals surface area contributed by atoms with Crippen LogP contribution in [0.2, 0.25) is 0 Å². The molecule has 1 N–H and O–H groups in total. The van der Waals surface area contributed by atoms with Crippen molar-refractivity contribution in [1.82, 2.24) is 5.32 Å². The molecule has 5 nitrogen and oxygen atoms in total. The predicted octanol–water partition coefficient (Wildman–Crippen LogP) is 3.69. The minimum absolute atomic E-state index is 0.108. The fraction of sp³-hybridized carbons (Fsp3) is 0.364. The molecule has 0 saturated heterocycles. The predicted molar refractivity (Wildman–Crippen MR) is 101 cm³/mol. The van der Waals surface area contributed by atoms with E-state index in [4.69, 9.17) is 9.47 Å². The SMILES string of the molecule is CC1(C)CC(=O)CC(c2ccc3c(c2)OCO3)C1NC(=O)c1ccccc1. The Morgan fingerprint density at radius 3 is 2.59 bits per heavy atom. The van der Waals surface area contributed by atoms with E-state index >= 15 is 0 Å². The van der Waals surface area contributed by atoms with Gasteiger partial charge in [-0.25, -0.2) is 0 Å². The van der Waals surface area contributed by atoms with Crippen LogP contribution in [0, 0.1) is 5.41 Å². The van der Waals surface area contributed by atoms with Crippen LogP contribution in [-0.4, -0.2) is 24.5 Å². The molecule has 1 heterocycles. The first-order chi connectivity index (χ1) is 12.9. The van der Waals surface area contributed by atoms with Gasteiger partial charge in [0, 0.05) is 30.4 Å². The smallest absolute Gasteiger partial charge is 0.251 e. The number of carbonyl (C=O) groups excluding carboxylic acids is 2. The average Bonchev–Trinajstić information content (AvgIpc) is 3.11. The zero-order chi connectivity index (χ0) is 19.0. The molecule has 2 aromatic carbocycles. The molecule has 4 rings (SSSR count). The Morgan fingerprint density at radius 2 is 1.81 bits per heavy atom. The van der Waals surface area contributed by atoms with Gasteiger partial charge < -0.3 is 14.8 Å². The maximum absolute atomic E-state index is 12.8. The molecule has 0 aromatic heterocycles. The average molecular weight is 365 g/mol. The monoisotopic (exact) mass is 365 g/mol. The number of hydrogen-bond acceptors (Lipinski definition) is 4. The second-order valence-electron chi connectivity index (χ2n) is 7.94. The topological polar surface area (TPSA) is 64.6 Å². The lowest BCUT2D eigenvalue weighted by Crippen LogP contribution is -2.52. The van der Waals surface area contributed by atoms with Crippen LogP contribution in [0.1, 0.15) is 48.5 Å². The third kappa shape index (κ3) is 3.42. The van der Waals surface area contributed by atoms with Gasteiger partial charge in [0.05, 0.1) is 0 Å². The Bertz CT molecular complexity index is 875. The minimum Gasteiger partial charge on any atom is -0.454 e. The third-order valence-corrected chi connectivity index (χ3v) is 5.49. The first kappa shape index (κ1) is 17.6. The van der Waals surface area contributed by atoms with E-state index in [1.54, 1.807) is 12.1 Å². The van der Waals surface area contributed by atoms with E-state index in [1.165, 1.54) is 0 Å². The summed E-state index contributed by atoms with van der Waals surface area (Å²) in [5.41, 5.74) is 1.26. The molecule has 0 bridgehead atoms. The molecule has 140 valence electrons. The Kier molecular flexibility index (Phi) is 4.38. The van der Waals surface area contributed by atoms with Crippen LogP contribution in [0.25, 0.3) is 0 Å². The van der Waals surface area contributed by atoms with Gasteiger partial charge in [0.2, 0.25) is 6.79 Å². The molecule has 0 spiro atoms. The first-order valence-corrected chi connectivity index (χ1v) is 9.21. The van der Waals surface area contributed by atoms with Gasteiger partial charge in [-0.1, -0.05) is 38.1 Å². The number of ether oxygens (including phenoxy) is 2. The fourth-order valence-corrected chi connectivity index (χ4v) is 4.16. The van der Waals surface area contributed by atoms with E-state index in [1.807, 2.05) is 50.2 Å². The van der Waals surface area contributed by atoms with Crippen LogP contribution >= 0.6 is 0 Å². The van der Waals surface area contributed by atoms with Gasteiger partial charge in [-0.2, -0.15) is 0 Å². The number of Topliss-reactive ketones (excluding diaryl/α,β-unsaturated/α-hetero) is 1. The molecule has 1 aliphatic heterocycles. The zero-order valence-electron chi connectivity index (χ0n) is 15.5. The number of ketones is 1. The van der Waals surface area contributed by atoms with Crippen molar-refractivity contribution in [2.45, 2.75) is 38.6 Å². The lowest BCUT2D eigenvalue weighted by molar-refractivity contribution is -0.124. The molecular weight excluding hydrogens is 342 g/mol. The van der Waals surface area contributed by atoms with Gasteiger partial charge in [-0.3, -0.25) is 9.59 Å². The fourth-order valence-electron chi connectivity index (χ4n) is 4.16. The van der Waals surface area contributed by atoms with Gasteiger partial charge in [0.25, 0.3) is 5.91 Å². The summed E-state index contributed by atoms with van der Waals surface area (Å²) in [6.45, 7) is 4.29. The van der Waals surface area contributed by atoms with Crippen molar-refractivity contribution in [2.75, 3.05) is 6.79 Å². The van der Waals surface area contributed by atoms with Gasteiger partial charge >= 0.3 is 0 Å². The van der Waals surface area contributed by atoms with Gasteiger partial charge in [0.1, 0.15) is 5.78 Å². The van der Waals surface area contributed by atoms with Crippen LogP contribution in [0.15, 0.2) is 48.5 Å². The first-order valence-electron chi connectivity index (χ1n) is 9.21. The standard InChI is InChI=1S/C22H23NO4/c1-22(2)12-16(24)11-17(15-8-9-18-19(10-15)27-13-26-18)20(22)23-21(25)14-6-4-3-5-7-14/h3-10,17,20H,11-13H2,1-2H3,(H,23,25). The van der Waals surface area contributed by atoms with E-state index in [2.05, 4.69) is 5.32 Å². The van der Waals surface area contributed by atoms with Crippen molar-refractivity contribution < 1.29 is 19.1 Å². The maximum atomic E-state index is 12.8. The van der Waals surface area contributed by atoms with Crippen LogP contribution in [0.3, 0.4) is 0 Å². The van der Waals surface area contributed by atoms with Gasteiger partial charge in [-0.15, -0.1) is 0 Å². The van der Waals surface area contributed by atoms with Gasteiger partial charge in [0.15, 0.2) is 11.5 Å². The number of amides is 1. The minimum atomic E-state index is -0.346. The van der Waals surface area contributed by atoms with Crippen LogP contribution in [-0.2, 0) is 4.79 Å². The van der Waals surface area contributed by atoms with Gasteiger partial charge in [-0.05, 0) is 35.2 Å². The summed E-state index contributed by atoms with van der Waals surface area (Å²) < 4.78 is 10.9. The van der Waals surface area contributed by atoms with Crippen molar-refractivity contribution in [1.29, 1.82) is 0 Å². The maximum Gasteiger partial charge on any atom is 0.251 e. The lowest BCUT2D eigenvalue weighted by atomic mass is 9.65. The van der Waals surface area contributed by atoms with Crippen LogP contribution in [0.5, 0.6) is 11.5 Å². The number of fused-ring (bicyclic) bond motifs is 1. The van der Waals surface area contributed by atoms with Crippen LogP contribution < -0.4 is 14.8 Å². The van der Waals surface area contributed by atoms with E-state index in [0.717, 1.165) is 5.56 Å². The Morgan fingerprint density at radius 1 is 1.07 bits per heavy atom. The molecule has 2 atom stereocenters. The molecular formula is C22H23NO4. The molecule has 2 aromatic rings. The second kappa shape index (κ2) is 6.72. The van der Waals surface area contributed by atoms with Crippen molar-refractivity contribution >= 4 is 11.7 Å². The number of benzene rings is 2. The summed E-state index contributed by atoms with van der Waals surface area (Å²) in [4.78, 5) is 25.2. The number of hydrogen-bond donors (Lipinski definition) is 1. The van der Waals surface area contributed by atoms with Crippen molar-refractivity contribution in [3.8, 4) is 11.5 Å². The Balaban J connectivity index is 1.66. The summed E-state index contributed by atoms with van der Waals surface area (Å²) in [7, 11) is 0. The molecule has 5 heteroatoms. The normalized spacial score (nSPS) is 23.1. The molecule has 1 saturated carbocycles. The van der Waals surface area contributed by atoms with E-state index in [-0.39, 0.29) is 35.9 Å². The van der Waals surface area contributed by atoms with E-state index in [0.29, 0.717) is 29.9 Å². The summed E-state index contributed by atoms with van der Waals surface area (Å²) in [6.07, 6.45) is 0.858. The highest BCUT2D eigenvalue weighted by molar-refractivity contribution is 5.94. The zero-order valence-corrected chi connectivity index (χ0v) is 15.5. The lowest BCUT2D eigenvalue weighted by Gasteiger charge is -2.44. The number of rotatable bonds is 3. The highest BCUT2D eigenvalue weighted by atomic mass is 16.7. The molecule has 27 heavy (non-hydrogen) atoms. The van der Waals surface area contributed by atoms with E-state index in [9.17, 15) is 9.59 Å². The van der Waals surface area contributed by atoms with E-state index < -0.39 is 0 Å². The second-order valence-corrected chi connectivity index (χ2v) is 7.94. The molecule has 0 radical (unpaired) electrons. The van der Waals surface area contributed by atoms with Crippen molar-refractivity contribution in [3.05, 3.63) is 59.7 Å². The summed E-state index contributed by atoms with van der Waals surface area (Å²) in [5, 5.41) is 3.20. The van der Waals surface area contributed by atoms with Crippen LogP contribution in [0.4, 0.5) is 0 Å². The molecule has 1 aliphatic carbocycles. The molecule has 1 amide bonds. The summed E-state index contributed by atoms with van der Waals surface area (Å²) >= 11 is 0. The Labute approximate surface area is 158 Å². The quantitative estimate of drug-likeness (QED) is 0.901. The van der Waals surface area contributed by atoms with Crippen molar-refractivity contribution in [2.24, 2.45) is 5.41 Å². The summed E-state index contributed by atoms with van der Waals surface area (Å²) in [6, 6.07) is 14.8. The molecule has 1 fully saturated rings. The largest absolute Gasteiger partial charge is 0.454 e. The Hall–Kier alpha value is -2.82.